The van der Waals surface area contributed by atoms with E-state index in [1.54, 1.807) is 11.9 Å². The molecule has 1 unspecified atom stereocenters. The van der Waals surface area contributed by atoms with Crippen molar-refractivity contribution in [3.63, 3.8) is 0 Å². The first-order valence-electron chi connectivity index (χ1n) is 6.88. The lowest BCUT2D eigenvalue weighted by Crippen LogP contribution is -2.43. The molecule has 0 amide bonds. The lowest BCUT2D eigenvalue weighted by molar-refractivity contribution is -0.713. The number of carbonyl (C=O) groups is 1. The first-order valence-corrected chi connectivity index (χ1v) is 6.88. The number of morpholine rings is 1. The van der Waals surface area contributed by atoms with Crippen LogP contribution in [0.2, 0.25) is 0 Å². The van der Waals surface area contributed by atoms with Crippen LogP contribution in [0.5, 0.6) is 0 Å². The molecule has 10 nitrogen and oxygen atoms in total. The zero-order valence-electron chi connectivity index (χ0n) is 12.4. The summed E-state index contributed by atoms with van der Waals surface area (Å²) in [5, 5.41) is 25.2. The summed E-state index contributed by atoms with van der Waals surface area (Å²) in [4.78, 5) is 17.4. The SMILES string of the molecule is CCOC(=O)C(C)OC([O-])=C1C(=N)ON=[N+]1N1CCOCC1. The zero-order chi connectivity index (χ0) is 16.1. The van der Waals surface area contributed by atoms with Crippen LogP contribution in [0.3, 0.4) is 0 Å². The van der Waals surface area contributed by atoms with Gasteiger partial charge in [-0.1, -0.05) is 0 Å². The molecule has 10 heteroatoms. The first-order chi connectivity index (χ1) is 10.5. The number of nitrogens with zero attached hydrogens (tertiary/aromatic N) is 3. The summed E-state index contributed by atoms with van der Waals surface area (Å²) in [5.41, 5.74) is -0.182. The van der Waals surface area contributed by atoms with E-state index >= 15 is 0 Å². The summed E-state index contributed by atoms with van der Waals surface area (Å²) in [6.07, 6.45) is -1.08. The second-order valence-electron chi connectivity index (χ2n) is 4.51. The Morgan fingerprint density at radius 2 is 2.23 bits per heavy atom. The van der Waals surface area contributed by atoms with Crippen LogP contribution in [0, 0.1) is 5.41 Å². The lowest BCUT2D eigenvalue weighted by atomic mass is 10.4. The van der Waals surface area contributed by atoms with Gasteiger partial charge >= 0.3 is 17.6 Å². The molecule has 0 radical (unpaired) electrons. The average molecular weight is 314 g/mol. The number of ether oxygens (including phenoxy) is 3. The van der Waals surface area contributed by atoms with Gasteiger partial charge in [-0.3, -0.25) is 15.0 Å². The largest absolute Gasteiger partial charge is 0.594 e. The summed E-state index contributed by atoms with van der Waals surface area (Å²) in [6.45, 7) is 5.16. The third-order valence-corrected chi connectivity index (χ3v) is 2.98. The van der Waals surface area contributed by atoms with Gasteiger partial charge in [-0.25, -0.2) is 0 Å². The van der Waals surface area contributed by atoms with Gasteiger partial charge in [-0.15, -0.1) is 5.01 Å². The van der Waals surface area contributed by atoms with Gasteiger partial charge in [0, 0.05) is 0 Å². The Kier molecular flexibility index (Phi) is 5.15. The molecule has 0 saturated carbocycles. The van der Waals surface area contributed by atoms with Gasteiger partial charge < -0.3 is 19.3 Å². The van der Waals surface area contributed by atoms with E-state index in [0.29, 0.717) is 26.3 Å². The van der Waals surface area contributed by atoms with Crippen LogP contribution >= 0.6 is 0 Å². The summed E-state index contributed by atoms with van der Waals surface area (Å²) < 4.78 is 15.0. The number of hydrogen-bond donors (Lipinski definition) is 1. The molecule has 2 aliphatic heterocycles. The van der Waals surface area contributed by atoms with Crippen LogP contribution in [0.25, 0.3) is 0 Å². The Morgan fingerprint density at radius 3 is 2.86 bits per heavy atom. The molecule has 1 atom stereocenters. The third-order valence-electron chi connectivity index (χ3n) is 2.98. The molecule has 2 aliphatic rings. The number of hydrogen-bond acceptors (Lipinski definition) is 9. The average Bonchev–Trinajstić information content (AvgIpc) is 2.90. The first kappa shape index (κ1) is 16.0. The van der Waals surface area contributed by atoms with Crippen molar-refractivity contribution in [1.82, 2.24) is 5.01 Å². The van der Waals surface area contributed by atoms with E-state index in [0.717, 1.165) is 0 Å². The van der Waals surface area contributed by atoms with E-state index in [4.69, 9.17) is 24.5 Å². The quantitative estimate of drug-likeness (QED) is 0.397. The molecule has 0 bridgehead atoms. The van der Waals surface area contributed by atoms with Crippen LogP contribution in [0.15, 0.2) is 16.9 Å². The maximum absolute atomic E-state index is 12.2. The molecule has 0 aromatic heterocycles. The summed E-state index contributed by atoms with van der Waals surface area (Å²) in [5.74, 6) is -1.97. The van der Waals surface area contributed by atoms with Crippen molar-refractivity contribution in [3.05, 3.63) is 11.6 Å². The highest BCUT2D eigenvalue weighted by molar-refractivity contribution is 5.88. The third kappa shape index (κ3) is 3.45. The van der Waals surface area contributed by atoms with Gasteiger partial charge in [0.15, 0.2) is 0 Å². The fourth-order valence-corrected chi connectivity index (χ4v) is 1.89. The van der Waals surface area contributed by atoms with Crippen LogP contribution in [-0.2, 0) is 23.8 Å². The van der Waals surface area contributed by atoms with Crippen LogP contribution < -0.4 is 5.11 Å². The molecule has 1 N–H and O–H groups in total. The van der Waals surface area contributed by atoms with Crippen molar-refractivity contribution in [2.24, 2.45) is 5.28 Å². The van der Waals surface area contributed by atoms with E-state index in [1.807, 2.05) is 0 Å². The lowest BCUT2D eigenvalue weighted by Gasteiger charge is -2.23. The number of esters is 1. The number of carbonyl (C=O) groups excluding carboxylic acids is 1. The predicted octanol–water partition coefficient (Wildman–Crippen LogP) is -0.882. The molecule has 2 heterocycles. The molecule has 0 aromatic carbocycles. The highest BCUT2D eigenvalue weighted by Crippen LogP contribution is 2.18. The van der Waals surface area contributed by atoms with E-state index in [2.05, 4.69) is 5.28 Å². The van der Waals surface area contributed by atoms with E-state index in [1.165, 1.54) is 11.7 Å². The van der Waals surface area contributed by atoms with Gasteiger partial charge in [0.2, 0.25) is 5.28 Å². The maximum Gasteiger partial charge on any atom is 0.354 e. The fourth-order valence-electron chi connectivity index (χ4n) is 1.89. The summed E-state index contributed by atoms with van der Waals surface area (Å²) in [7, 11) is 0. The molecule has 0 aromatic rings. The summed E-state index contributed by atoms with van der Waals surface area (Å²) in [6, 6.07) is 0. The molecule has 2 rings (SSSR count). The highest BCUT2D eigenvalue weighted by Gasteiger charge is 2.39. The Balaban J connectivity index is 2.13. The van der Waals surface area contributed by atoms with Gasteiger partial charge in [0.25, 0.3) is 0 Å². The minimum atomic E-state index is -1.08. The Labute approximate surface area is 126 Å². The summed E-state index contributed by atoms with van der Waals surface area (Å²) >= 11 is 0. The second kappa shape index (κ2) is 7.07. The second-order valence-corrected chi connectivity index (χ2v) is 4.51. The van der Waals surface area contributed by atoms with Crippen molar-refractivity contribution in [3.8, 4) is 0 Å². The van der Waals surface area contributed by atoms with Crippen molar-refractivity contribution < 1.29 is 33.8 Å². The number of hydrazine groups is 1. The monoisotopic (exact) mass is 314 g/mol. The van der Waals surface area contributed by atoms with E-state index in [-0.39, 0.29) is 12.3 Å². The zero-order valence-corrected chi connectivity index (χ0v) is 12.4. The van der Waals surface area contributed by atoms with Gasteiger partial charge in [-0.05, 0) is 13.8 Å². The minimum Gasteiger partial charge on any atom is -0.594 e. The van der Waals surface area contributed by atoms with Gasteiger partial charge in [0.05, 0.1) is 37.7 Å². The van der Waals surface area contributed by atoms with E-state index < -0.39 is 23.9 Å². The normalized spacial score (nSPS) is 21.8. The van der Waals surface area contributed by atoms with Gasteiger partial charge in [-0.2, -0.15) is 0 Å². The Morgan fingerprint density at radius 1 is 1.55 bits per heavy atom. The maximum atomic E-state index is 12.2. The highest BCUT2D eigenvalue weighted by atomic mass is 16.7. The van der Waals surface area contributed by atoms with Gasteiger partial charge in [0.1, 0.15) is 12.0 Å². The van der Waals surface area contributed by atoms with Crippen LogP contribution in [-0.4, -0.2) is 60.7 Å². The van der Waals surface area contributed by atoms with Crippen LogP contribution in [0.1, 0.15) is 13.8 Å². The Hall–Kier alpha value is -2.36. The smallest absolute Gasteiger partial charge is 0.354 e. The number of nitrogens with one attached hydrogen (secondary N) is 1. The van der Waals surface area contributed by atoms with Crippen molar-refractivity contribution in [1.29, 1.82) is 5.41 Å². The fraction of sp³-hybridized carbons (Fsp3) is 0.667. The number of rotatable bonds is 5. The molecule has 122 valence electrons. The standard InChI is InChI=1S/C12H18N4O6/c1-3-20-11(17)8(2)21-12(18)9-10(13)22-14-16(9)15-4-6-19-7-5-15/h8H,3-7H2,1-2H3,(H-,13,14,18). The molecule has 0 aliphatic carbocycles. The van der Waals surface area contributed by atoms with Crippen molar-refractivity contribution in [2.45, 2.75) is 20.0 Å². The molecule has 1 fully saturated rings. The molecular formula is C12H18N4O6. The molecule has 0 spiro atoms. The van der Waals surface area contributed by atoms with Crippen molar-refractivity contribution >= 4 is 11.9 Å². The minimum absolute atomic E-state index is 0.182. The van der Waals surface area contributed by atoms with Crippen LogP contribution in [0.4, 0.5) is 0 Å². The topological polar surface area (TPSA) is 120 Å². The predicted molar refractivity (Wildman–Crippen MR) is 68.1 cm³/mol. The van der Waals surface area contributed by atoms with Crippen molar-refractivity contribution in [2.75, 3.05) is 32.9 Å². The molecular weight excluding hydrogens is 296 g/mol. The van der Waals surface area contributed by atoms with E-state index in [9.17, 15) is 9.90 Å². The molecule has 22 heavy (non-hydrogen) atoms. The Bertz CT molecular complexity index is 512. The molecule has 1 saturated heterocycles.